The molecule has 2 rings (SSSR count). The summed E-state index contributed by atoms with van der Waals surface area (Å²) in [6.07, 6.45) is 5.68. The van der Waals surface area contributed by atoms with Crippen LogP contribution < -0.4 is 5.32 Å². The van der Waals surface area contributed by atoms with Crippen LogP contribution in [0.1, 0.15) is 48.0 Å². The molecular formula is C15H19BrClNO. The number of halogens is 2. The molecule has 1 amide bonds. The van der Waals surface area contributed by atoms with Crippen LogP contribution in [-0.4, -0.2) is 16.8 Å². The average Bonchev–Trinajstić information content (AvgIpc) is 2.42. The van der Waals surface area contributed by atoms with Gasteiger partial charge in [-0.1, -0.05) is 58.9 Å². The Balaban J connectivity index is 2.17. The van der Waals surface area contributed by atoms with Gasteiger partial charge in [-0.05, 0) is 31.4 Å². The van der Waals surface area contributed by atoms with Gasteiger partial charge in [-0.2, -0.15) is 0 Å². The molecule has 1 aliphatic carbocycles. The van der Waals surface area contributed by atoms with E-state index in [4.69, 9.17) is 11.6 Å². The van der Waals surface area contributed by atoms with E-state index in [1.165, 1.54) is 19.3 Å². The van der Waals surface area contributed by atoms with Crippen molar-refractivity contribution in [3.8, 4) is 0 Å². The van der Waals surface area contributed by atoms with Crippen molar-refractivity contribution in [3.05, 3.63) is 34.3 Å². The van der Waals surface area contributed by atoms with Crippen molar-refractivity contribution < 1.29 is 4.79 Å². The fourth-order valence-electron chi connectivity index (χ4n) is 2.65. The highest BCUT2D eigenvalue weighted by atomic mass is 79.9. The standard InChI is InChI=1S/C15H19BrClNO/c1-11-6-5-7-12(13(11)17)14(19)18-15(10-16)8-3-2-4-9-15/h5-7H,2-4,8-10H2,1H3,(H,18,19). The number of rotatable bonds is 3. The van der Waals surface area contributed by atoms with Gasteiger partial charge in [-0.3, -0.25) is 4.79 Å². The van der Waals surface area contributed by atoms with E-state index in [1.807, 2.05) is 19.1 Å². The van der Waals surface area contributed by atoms with Crippen molar-refractivity contribution in [2.24, 2.45) is 0 Å². The van der Waals surface area contributed by atoms with Crippen LogP contribution in [0.15, 0.2) is 18.2 Å². The first-order valence-electron chi connectivity index (χ1n) is 6.72. The molecule has 0 unspecified atom stereocenters. The van der Waals surface area contributed by atoms with Gasteiger partial charge in [0.2, 0.25) is 0 Å². The summed E-state index contributed by atoms with van der Waals surface area (Å²) in [6.45, 7) is 1.92. The Labute approximate surface area is 128 Å². The van der Waals surface area contributed by atoms with E-state index in [9.17, 15) is 4.79 Å². The second-order valence-corrected chi connectivity index (χ2v) is 6.30. The summed E-state index contributed by atoms with van der Waals surface area (Å²) in [4.78, 5) is 12.4. The minimum absolute atomic E-state index is 0.0601. The van der Waals surface area contributed by atoms with Crippen LogP contribution in [0.25, 0.3) is 0 Å². The third kappa shape index (κ3) is 3.32. The summed E-state index contributed by atoms with van der Waals surface area (Å²) in [6, 6.07) is 5.58. The number of hydrogen-bond acceptors (Lipinski definition) is 1. The van der Waals surface area contributed by atoms with Gasteiger partial charge < -0.3 is 5.32 Å². The maximum Gasteiger partial charge on any atom is 0.253 e. The molecule has 1 aromatic rings. The molecule has 0 radical (unpaired) electrons. The summed E-state index contributed by atoms with van der Waals surface area (Å²) in [5, 5.41) is 4.55. The molecule has 0 aromatic heterocycles. The van der Waals surface area contributed by atoms with E-state index in [2.05, 4.69) is 21.2 Å². The Bertz CT molecular complexity index is 469. The van der Waals surface area contributed by atoms with Crippen LogP contribution >= 0.6 is 27.5 Å². The summed E-state index contributed by atoms with van der Waals surface area (Å²) in [5.41, 5.74) is 1.40. The number of aryl methyl sites for hydroxylation is 1. The van der Waals surface area contributed by atoms with Gasteiger partial charge in [0.1, 0.15) is 0 Å². The summed E-state index contributed by atoms with van der Waals surface area (Å²) in [7, 11) is 0. The van der Waals surface area contributed by atoms with E-state index in [0.29, 0.717) is 10.6 Å². The van der Waals surface area contributed by atoms with Gasteiger partial charge in [0, 0.05) is 5.33 Å². The molecule has 2 nitrogen and oxygen atoms in total. The number of nitrogens with one attached hydrogen (secondary N) is 1. The Morgan fingerprint density at radius 2 is 2.05 bits per heavy atom. The molecule has 0 aliphatic heterocycles. The van der Waals surface area contributed by atoms with Crippen LogP contribution in [-0.2, 0) is 0 Å². The van der Waals surface area contributed by atoms with Crippen LogP contribution in [0, 0.1) is 6.92 Å². The molecule has 0 atom stereocenters. The second-order valence-electron chi connectivity index (χ2n) is 5.37. The Morgan fingerprint density at radius 3 is 2.68 bits per heavy atom. The predicted molar refractivity (Wildman–Crippen MR) is 83.3 cm³/mol. The van der Waals surface area contributed by atoms with E-state index in [-0.39, 0.29) is 11.4 Å². The fraction of sp³-hybridized carbons (Fsp3) is 0.533. The number of benzene rings is 1. The van der Waals surface area contributed by atoms with Crippen molar-refractivity contribution in [1.82, 2.24) is 5.32 Å². The van der Waals surface area contributed by atoms with Gasteiger partial charge in [0.15, 0.2) is 0 Å². The number of carbonyl (C=O) groups excluding carboxylic acids is 1. The molecule has 19 heavy (non-hydrogen) atoms. The number of amides is 1. The normalized spacial score (nSPS) is 18.1. The van der Waals surface area contributed by atoms with Gasteiger partial charge >= 0.3 is 0 Å². The molecule has 0 bridgehead atoms. The summed E-state index contributed by atoms with van der Waals surface area (Å²) >= 11 is 9.78. The predicted octanol–water partition coefficient (Wildman–Crippen LogP) is 4.48. The maximum absolute atomic E-state index is 12.4. The Hall–Kier alpha value is -0.540. The fourth-order valence-corrected chi connectivity index (χ4v) is 3.56. The van der Waals surface area contributed by atoms with Gasteiger partial charge in [-0.25, -0.2) is 0 Å². The lowest BCUT2D eigenvalue weighted by Gasteiger charge is -2.36. The lowest BCUT2D eigenvalue weighted by Crippen LogP contribution is -2.51. The van der Waals surface area contributed by atoms with Crippen molar-refractivity contribution in [2.75, 3.05) is 5.33 Å². The van der Waals surface area contributed by atoms with Crippen LogP contribution in [0.2, 0.25) is 5.02 Å². The first-order valence-corrected chi connectivity index (χ1v) is 8.21. The third-order valence-corrected chi connectivity index (χ3v) is 5.46. The molecular weight excluding hydrogens is 326 g/mol. The van der Waals surface area contributed by atoms with E-state index in [1.54, 1.807) is 6.07 Å². The van der Waals surface area contributed by atoms with Crippen LogP contribution in [0.5, 0.6) is 0 Å². The van der Waals surface area contributed by atoms with Crippen molar-refractivity contribution in [1.29, 1.82) is 0 Å². The molecule has 0 saturated heterocycles. The lowest BCUT2D eigenvalue weighted by atomic mass is 9.83. The molecule has 1 fully saturated rings. The van der Waals surface area contributed by atoms with Crippen molar-refractivity contribution >= 4 is 33.4 Å². The molecule has 4 heteroatoms. The highest BCUT2D eigenvalue weighted by molar-refractivity contribution is 9.09. The summed E-state index contributed by atoms with van der Waals surface area (Å²) in [5.74, 6) is -0.0601. The smallest absolute Gasteiger partial charge is 0.253 e. The Kier molecular flexibility index (Phi) is 4.91. The van der Waals surface area contributed by atoms with Crippen molar-refractivity contribution in [2.45, 2.75) is 44.6 Å². The van der Waals surface area contributed by atoms with Crippen molar-refractivity contribution in [3.63, 3.8) is 0 Å². The molecule has 1 saturated carbocycles. The first-order chi connectivity index (χ1) is 9.08. The van der Waals surface area contributed by atoms with E-state index >= 15 is 0 Å². The molecule has 1 aliphatic rings. The minimum atomic E-state index is -0.109. The lowest BCUT2D eigenvalue weighted by molar-refractivity contribution is 0.0886. The molecule has 104 valence electrons. The van der Waals surface area contributed by atoms with Gasteiger partial charge in [-0.15, -0.1) is 0 Å². The van der Waals surface area contributed by atoms with E-state index in [0.717, 1.165) is 23.7 Å². The largest absolute Gasteiger partial charge is 0.346 e. The SMILES string of the molecule is Cc1cccc(C(=O)NC2(CBr)CCCCC2)c1Cl. The van der Waals surface area contributed by atoms with Gasteiger partial charge in [0.05, 0.1) is 16.1 Å². The second kappa shape index (κ2) is 6.27. The number of hydrogen-bond donors (Lipinski definition) is 1. The first kappa shape index (κ1) is 14.9. The third-order valence-electron chi connectivity index (χ3n) is 3.88. The molecule has 0 spiro atoms. The van der Waals surface area contributed by atoms with E-state index < -0.39 is 0 Å². The number of alkyl halides is 1. The highest BCUT2D eigenvalue weighted by Crippen LogP contribution is 2.31. The monoisotopic (exact) mass is 343 g/mol. The molecule has 1 N–H and O–H groups in total. The topological polar surface area (TPSA) is 29.1 Å². The van der Waals surface area contributed by atoms with Gasteiger partial charge in [0.25, 0.3) is 5.91 Å². The quantitative estimate of drug-likeness (QED) is 0.805. The molecule has 0 heterocycles. The zero-order valence-electron chi connectivity index (χ0n) is 11.1. The maximum atomic E-state index is 12.4. The van der Waals surface area contributed by atoms with Crippen LogP contribution in [0.3, 0.4) is 0 Å². The minimum Gasteiger partial charge on any atom is -0.346 e. The summed E-state index contributed by atoms with van der Waals surface area (Å²) < 4.78 is 0. The molecule has 1 aromatic carbocycles. The zero-order chi connectivity index (χ0) is 13.9. The number of carbonyl (C=O) groups is 1. The Morgan fingerprint density at radius 1 is 1.37 bits per heavy atom. The van der Waals surface area contributed by atoms with Crippen LogP contribution in [0.4, 0.5) is 0 Å². The highest BCUT2D eigenvalue weighted by Gasteiger charge is 2.33. The zero-order valence-corrected chi connectivity index (χ0v) is 13.5. The average molecular weight is 345 g/mol.